The second-order valence-corrected chi connectivity index (χ2v) is 7.49. The lowest BCUT2D eigenvalue weighted by Gasteiger charge is -2.08. The van der Waals surface area contributed by atoms with Gasteiger partial charge in [0.25, 0.3) is 11.8 Å². The fraction of sp³-hybridized carbons (Fsp3) is 0.217. The van der Waals surface area contributed by atoms with Crippen LogP contribution in [0.3, 0.4) is 0 Å². The van der Waals surface area contributed by atoms with E-state index in [1.54, 1.807) is 49.9 Å². The predicted molar refractivity (Wildman–Crippen MR) is 121 cm³/mol. The Kier molecular flexibility index (Phi) is 7.98. The number of methoxy groups -OCH3 is 3. The molecule has 1 aromatic heterocycles. The summed E-state index contributed by atoms with van der Waals surface area (Å²) >= 11 is 1.36. The second-order valence-electron chi connectivity index (χ2n) is 6.63. The SMILES string of the molecule is COc1ccc(-c2nc(CC(=O)OCC(=O)NC(=O)c3ccccc3OC)cs2)cc1OC. The van der Waals surface area contributed by atoms with Crippen LogP contribution in [-0.2, 0) is 20.7 Å². The largest absolute Gasteiger partial charge is 0.496 e. The summed E-state index contributed by atoms with van der Waals surface area (Å²) in [7, 11) is 4.52. The molecule has 2 amide bonds. The highest BCUT2D eigenvalue weighted by Gasteiger charge is 2.17. The van der Waals surface area contributed by atoms with E-state index in [1.165, 1.54) is 24.5 Å². The molecule has 0 unspecified atom stereocenters. The first-order valence-corrected chi connectivity index (χ1v) is 10.6. The van der Waals surface area contributed by atoms with Crippen molar-refractivity contribution in [3.05, 3.63) is 59.1 Å². The minimum atomic E-state index is -0.747. The first kappa shape index (κ1) is 23.7. The van der Waals surface area contributed by atoms with Crippen LogP contribution in [0.4, 0.5) is 0 Å². The summed E-state index contributed by atoms with van der Waals surface area (Å²) in [6.45, 7) is -0.591. The van der Waals surface area contributed by atoms with Crippen LogP contribution in [0.15, 0.2) is 47.8 Å². The number of aromatic nitrogens is 1. The molecule has 3 rings (SSSR count). The molecule has 1 N–H and O–H groups in total. The van der Waals surface area contributed by atoms with Gasteiger partial charge < -0.3 is 18.9 Å². The molecule has 1 heterocycles. The number of carbonyl (C=O) groups is 3. The number of para-hydroxylation sites is 1. The fourth-order valence-corrected chi connectivity index (χ4v) is 3.71. The molecule has 9 nitrogen and oxygen atoms in total. The zero-order valence-corrected chi connectivity index (χ0v) is 19.1. The Balaban J connectivity index is 1.53. The normalized spacial score (nSPS) is 10.3. The number of rotatable bonds is 9. The summed E-state index contributed by atoms with van der Waals surface area (Å²) < 4.78 is 20.6. The summed E-state index contributed by atoms with van der Waals surface area (Å²) in [4.78, 5) is 40.8. The van der Waals surface area contributed by atoms with E-state index >= 15 is 0 Å². The number of esters is 1. The van der Waals surface area contributed by atoms with E-state index < -0.39 is 24.4 Å². The number of nitrogens with one attached hydrogen (secondary N) is 1. The molecule has 0 fully saturated rings. The topological polar surface area (TPSA) is 113 Å². The summed E-state index contributed by atoms with van der Waals surface area (Å²) in [5.41, 5.74) is 1.51. The van der Waals surface area contributed by atoms with Gasteiger partial charge >= 0.3 is 5.97 Å². The van der Waals surface area contributed by atoms with Gasteiger partial charge in [-0.3, -0.25) is 19.7 Å². The molecule has 0 saturated heterocycles. The second kappa shape index (κ2) is 11.1. The van der Waals surface area contributed by atoms with Gasteiger partial charge in [-0.2, -0.15) is 0 Å². The maximum Gasteiger partial charge on any atom is 0.312 e. The Labute approximate surface area is 194 Å². The van der Waals surface area contributed by atoms with E-state index in [1.807, 2.05) is 6.07 Å². The average Bonchev–Trinajstić information content (AvgIpc) is 3.30. The van der Waals surface area contributed by atoms with Crippen LogP contribution in [0, 0.1) is 0 Å². The lowest BCUT2D eigenvalue weighted by molar-refractivity contribution is -0.147. The van der Waals surface area contributed by atoms with Crippen molar-refractivity contribution in [1.82, 2.24) is 10.3 Å². The van der Waals surface area contributed by atoms with Crippen LogP contribution in [0.1, 0.15) is 16.1 Å². The third kappa shape index (κ3) is 6.07. The number of hydrogen-bond donors (Lipinski definition) is 1. The van der Waals surface area contributed by atoms with E-state index in [0.717, 1.165) is 5.56 Å². The van der Waals surface area contributed by atoms with Crippen LogP contribution in [0.5, 0.6) is 17.2 Å². The van der Waals surface area contributed by atoms with Crippen molar-refractivity contribution in [3.8, 4) is 27.8 Å². The molecule has 0 spiro atoms. The van der Waals surface area contributed by atoms with Crippen LogP contribution < -0.4 is 19.5 Å². The number of ether oxygens (including phenoxy) is 4. The van der Waals surface area contributed by atoms with Gasteiger partial charge in [0.1, 0.15) is 10.8 Å². The van der Waals surface area contributed by atoms with Crippen molar-refractivity contribution < 1.29 is 33.3 Å². The van der Waals surface area contributed by atoms with Gasteiger partial charge in [-0.05, 0) is 30.3 Å². The van der Waals surface area contributed by atoms with Gasteiger partial charge in [-0.25, -0.2) is 4.98 Å². The molecule has 0 aliphatic carbocycles. The predicted octanol–water partition coefficient (Wildman–Crippen LogP) is 2.88. The minimum Gasteiger partial charge on any atom is -0.496 e. The third-order valence-electron chi connectivity index (χ3n) is 4.48. The van der Waals surface area contributed by atoms with Crippen molar-refractivity contribution >= 4 is 29.1 Å². The summed E-state index contributed by atoms with van der Waals surface area (Å²) in [5.74, 6) is -0.535. The zero-order valence-electron chi connectivity index (χ0n) is 18.2. The van der Waals surface area contributed by atoms with Crippen molar-refractivity contribution in [3.63, 3.8) is 0 Å². The first-order valence-electron chi connectivity index (χ1n) is 9.74. The first-order chi connectivity index (χ1) is 15.9. The maximum absolute atomic E-state index is 12.2. The lowest BCUT2D eigenvalue weighted by atomic mass is 10.2. The summed E-state index contributed by atoms with van der Waals surface area (Å²) in [6, 6.07) is 11.9. The molecule has 0 radical (unpaired) electrons. The zero-order chi connectivity index (χ0) is 23.8. The molecule has 0 saturated carbocycles. The average molecular weight is 471 g/mol. The van der Waals surface area contributed by atoms with Crippen molar-refractivity contribution in [1.29, 1.82) is 0 Å². The minimum absolute atomic E-state index is 0.114. The van der Waals surface area contributed by atoms with Crippen molar-refractivity contribution in [2.24, 2.45) is 0 Å². The number of hydrogen-bond acceptors (Lipinski definition) is 9. The van der Waals surface area contributed by atoms with E-state index in [0.29, 0.717) is 28.0 Å². The van der Waals surface area contributed by atoms with E-state index in [4.69, 9.17) is 18.9 Å². The lowest BCUT2D eigenvalue weighted by Crippen LogP contribution is -2.34. The number of carbonyl (C=O) groups excluding carboxylic acids is 3. The van der Waals surface area contributed by atoms with Gasteiger partial charge in [-0.15, -0.1) is 11.3 Å². The van der Waals surface area contributed by atoms with Gasteiger partial charge in [0, 0.05) is 10.9 Å². The number of imide groups is 1. The van der Waals surface area contributed by atoms with Gasteiger partial charge in [0.05, 0.1) is 39.0 Å². The molecule has 2 aromatic carbocycles. The molecule has 0 aliphatic rings. The molecule has 33 heavy (non-hydrogen) atoms. The standard InChI is InChI=1S/C23H22N2O7S/c1-29-17-7-5-4-6-16(17)22(28)25-20(26)12-32-21(27)11-15-13-33-23(24-15)14-8-9-18(30-2)19(10-14)31-3/h4-10,13H,11-12H2,1-3H3,(H,25,26,28). The number of thiazole rings is 1. The Bertz CT molecular complexity index is 1160. The van der Waals surface area contributed by atoms with Crippen molar-refractivity contribution in [2.45, 2.75) is 6.42 Å². The van der Waals surface area contributed by atoms with E-state index in [2.05, 4.69) is 10.3 Å². The molecular formula is C23H22N2O7S. The van der Waals surface area contributed by atoms with E-state index in [9.17, 15) is 14.4 Å². The monoisotopic (exact) mass is 470 g/mol. The van der Waals surface area contributed by atoms with Gasteiger partial charge in [0.15, 0.2) is 18.1 Å². The Morgan fingerprint density at radius 3 is 2.39 bits per heavy atom. The third-order valence-corrected chi connectivity index (χ3v) is 5.42. The van der Waals surface area contributed by atoms with Crippen LogP contribution in [0.25, 0.3) is 10.6 Å². The quantitative estimate of drug-likeness (QED) is 0.475. The maximum atomic E-state index is 12.2. The highest BCUT2D eigenvalue weighted by Crippen LogP contribution is 2.33. The number of amides is 2. The van der Waals surface area contributed by atoms with Crippen molar-refractivity contribution in [2.75, 3.05) is 27.9 Å². The highest BCUT2D eigenvalue weighted by molar-refractivity contribution is 7.13. The molecule has 0 atom stereocenters. The molecule has 0 aliphatic heterocycles. The highest BCUT2D eigenvalue weighted by atomic mass is 32.1. The van der Waals surface area contributed by atoms with Gasteiger partial charge in [0.2, 0.25) is 0 Å². The molecular weight excluding hydrogens is 448 g/mol. The number of nitrogens with zero attached hydrogens (tertiary/aromatic N) is 1. The van der Waals surface area contributed by atoms with Crippen LogP contribution in [-0.4, -0.2) is 50.7 Å². The molecule has 0 bridgehead atoms. The van der Waals surface area contributed by atoms with Crippen LogP contribution in [0.2, 0.25) is 0 Å². The molecule has 3 aromatic rings. The Hall–Kier alpha value is -3.92. The van der Waals surface area contributed by atoms with Gasteiger partial charge in [-0.1, -0.05) is 12.1 Å². The molecule has 172 valence electrons. The smallest absolute Gasteiger partial charge is 0.312 e. The van der Waals surface area contributed by atoms with E-state index in [-0.39, 0.29) is 12.0 Å². The Morgan fingerprint density at radius 2 is 1.67 bits per heavy atom. The summed E-state index contributed by atoms with van der Waals surface area (Å²) in [6.07, 6.45) is -0.114. The number of benzene rings is 2. The van der Waals surface area contributed by atoms with Crippen LogP contribution >= 0.6 is 11.3 Å². The molecule has 10 heteroatoms. The summed E-state index contributed by atoms with van der Waals surface area (Å²) in [5, 5.41) is 4.59. The fourth-order valence-electron chi connectivity index (χ4n) is 2.90. The Morgan fingerprint density at radius 1 is 0.939 bits per heavy atom.